The minimum atomic E-state index is -4.71. The smallest absolute Gasteiger partial charge is 0.416 e. The van der Waals surface area contributed by atoms with Gasteiger partial charge in [-0.1, -0.05) is 24.3 Å². The number of aliphatic carboxylic acids is 1. The molecule has 0 bridgehead atoms. The van der Waals surface area contributed by atoms with Gasteiger partial charge in [0.2, 0.25) is 0 Å². The molecule has 284 valence electrons. The molecule has 0 unspecified atom stereocenters. The van der Waals surface area contributed by atoms with Gasteiger partial charge in [0.15, 0.2) is 13.2 Å². The van der Waals surface area contributed by atoms with E-state index in [0.717, 1.165) is 33.1 Å². The van der Waals surface area contributed by atoms with Gasteiger partial charge in [0.1, 0.15) is 11.5 Å². The maximum absolute atomic E-state index is 14.2. The normalized spacial score (nSPS) is 11.7. The van der Waals surface area contributed by atoms with E-state index in [0.29, 0.717) is 35.8 Å². The van der Waals surface area contributed by atoms with Crippen LogP contribution in [0.2, 0.25) is 0 Å². The Labute approximate surface area is 312 Å². The zero-order valence-electron chi connectivity index (χ0n) is 29.2. The third kappa shape index (κ3) is 12.4. The molecule has 4 aromatic rings. The first-order chi connectivity index (χ1) is 25.0. The standard InChI is InChI=1S/C39H38F6O6S2/c1-24-18-30(12-14-34(24)50-22-36(46)47)52-16-4-6-26-8-10-28(20-32(26)38(40,41)42)29-11-9-27(33(21-29)39(43,44)45)7-5-17-53-31-13-15-35(25(2)19-31)51-23-37(48)49-3/h8-15,18-21H,4-7,16-17,22-23H2,1-3H3,(H,46,47). The van der Waals surface area contributed by atoms with Crippen LogP contribution in [0.3, 0.4) is 0 Å². The van der Waals surface area contributed by atoms with Gasteiger partial charge in [0, 0.05) is 9.79 Å². The predicted molar refractivity (Wildman–Crippen MR) is 193 cm³/mol. The van der Waals surface area contributed by atoms with Crippen LogP contribution in [-0.2, 0) is 39.5 Å². The van der Waals surface area contributed by atoms with Crippen molar-refractivity contribution in [3.8, 4) is 22.6 Å². The maximum atomic E-state index is 14.2. The Morgan fingerprint density at radius 3 is 1.45 bits per heavy atom. The Morgan fingerprint density at radius 1 is 0.642 bits per heavy atom. The summed E-state index contributed by atoms with van der Waals surface area (Å²) >= 11 is 2.90. The molecule has 4 aromatic carbocycles. The van der Waals surface area contributed by atoms with Crippen molar-refractivity contribution in [1.82, 2.24) is 0 Å². The molecule has 14 heteroatoms. The third-order valence-corrected chi connectivity index (χ3v) is 10.3. The number of methoxy groups -OCH3 is 1. The first kappa shape index (κ1) is 41.5. The number of aryl methyl sites for hydroxylation is 4. The molecule has 4 rings (SSSR count). The predicted octanol–water partition coefficient (Wildman–Crippen LogP) is 10.5. The SMILES string of the molecule is COC(=O)COc1ccc(SCCCc2ccc(-c3ccc(CCCSc4ccc(OCC(=O)O)c(C)c4)c(C(F)(F)F)c3)cc2C(F)(F)F)cc1C. The zero-order valence-corrected chi connectivity index (χ0v) is 30.8. The molecule has 0 aliphatic rings. The van der Waals surface area contributed by atoms with Gasteiger partial charge in [-0.15, -0.1) is 23.5 Å². The second-order valence-electron chi connectivity index (χ2n) is 12.0. The van der Waals surface area contributed by atoms with Crippen LogP contribution in [0, 0.1) is 13.8 Å². The zero-order chi connectivity index (χ0) is 38.8. The number of ether oxygens (including phenoxy) is 3. The van der Waals surface area contributed by atoms with E-state index >= 15 is 0 Å². The van der Waals surface area contributed by atoms with E-state index in [1.807, 2.05) is 19.1 Å². The van der Waals surface area contributed by atoms with Crippen LogP contribution in [0.1, 0.15) is 46.2 Å². The first-order valence-electron chi connectivity index (χ1n) is 16.5. The summed E-state index contributed by atoms with van der Waals surface area (Å²) in [5, 5.41) is 8.79. The highest BCUT2D eigenvalue weighted by Gasteiger charge is 2.35. The first-order valence-corrected chi connectivity index (χ1v) is 18.4. The van der Waals surface area contributed by atoms with E-state index in [-0.39, 0.29) is 41.7 Å². The number of carbonyl (C=O) groups is 2. The molecule has 0 aromatic heterocycles. The molecule has 0 fully saturated rings. The van der Waals surface area contributed by atoms with Gasteiger partial charge in [0.25, 0.3) is 0 Å². The van der Waals surface area contributed by atoms with Crippen molar-refractivity contribution < 1.29 is 55.2 Å². The molecule has 6 nitrogen and oxygen atoms in total. The fourth-order valence-corrected chi connectivity index (χ4v) is 7.36. The van der Waals surface area contributed by atoms with Crippen molar-refractivity contribution in [2.75, 3.05) is 31.8 Å². The van der Waals surface area contributed by atoms with Crippen molar-refractivity contribution in [2.24, 2.45) is 0 Å². The summed E-state index contributed by atoms with van der Waals surface area (Å²) in [6.45, 7) is 2.88. The molecule has 0 saturated heterocycles. The van der Waals surface area contributed by atoms with Crippen LogP contribution in [-0.4, -0.2) is 48.9 Å². The fourth-order valence-electron chi connectivity index (χ4n) is 5.46. The van der Waals surface area contributed by atoms with Crippen LogP contribution in [0.15, 0.2) is 82.6 Å². The van der Waals surface area contributed by atoms with Gasteiger partial charge >= 0.3 is 24.3 Å². The van der Waals surface area contributed by atoms with Crippen LogP contribution in [0.5, 0.6) is 11.5 Å². The van der Waals surface area contributed by atoms with Crippen LogP contribution < -0.4 is 9.47 Å². The molecule has 0 radical (unpaired) electrons. The Morgan fingerprint density at radius 2 is 1.08 bits per heavy atom. The van der Waals surface area contributed by atoms with Crippen LogP contribution >= 0.6 is 23.5 Å². The number of esters is 1. The van der Waals surface area contributed by atoms with E-state index in [4.69, 9.17) is 14.6 Å². The fraction of sp³-hybridized carbons (Fsp3) is 0.333. The molecule has 0 spiro atoms. The molecule has 0 aliphatic carbocycles. The summed E-state index contributed by atoms with van der Waals surface area (Å²) in [6, 6.07) is 17.9. The molecule has 0 atom stereocenters. The van der Waals surface area contributed by atoms with Crippen molar-refractivity contribution in [3.63, 3.8) is 0 Å². The quantitative estimate of drug-likeness (QED) is 0.0491. The number of carboxylic acid groups (broad SMARTS) is 1. The number of alkyl halides is 6. The van der Waals surface area contributed by atoms with E-state index in [1.54, 1.807) is 31.2 Å². The van der Waals surface area contributed by atoms with E-state index < -0.39 is 42.0 Å². The lowest BCUT2D eigenvalue weighted by Gasteiger charge is -2.17. The number of benzene rings is 4. The molecule has 1 N–H and O–H groups in total. The topological polar surface area (TPSA) is 82.1 Å². The Bertz CT molecular complexity index is 1890. The second-order valence-corrected chi connectivity index (χ2v) is 14.4. The molecule has 0 amide bonds. The lowest BCUT2D eigenvalue weighted by Crippen LogP contribution is -2.12. The molecular formula is C39H38F6O6S2. The number of carbonyl (C=O) groups excluding carboxylic acids is 1. The lowest BCUT2D eigenvalue weighted by atomic mass is 9.93. The average molecular weight is 781 g/mol. The van der Waals surface area contributed by atoms with Gasteiger partial charge in [-0.05, 0) is 133 Å². The summed E-state index contributed by atoms with van der Waals surface area (Å²) < 4.78 is 100. The number of hydrogen-bond donors (Lipinski definition) is 1. The summed E-state index contributed by atoms with van der Waals surface area (Å²) in [6.07, 6.45) is -8.35. The third-order valence-electron chi connectivity index (χ3n) is 8.10. The Hall–Kier alpha value is -4.30. The molecule has 0 heterocycles. The molecule has 0 saturated carbocycles. The van der Waals surface area contributed by atoms with Crippen LogP contribution in [0.25, 0.3) is 11.1 Å². The van der Waals surface area contributed by atoms with E-state index in [2.05, 4.69) is 4.74 Å². The highest BCUT2D eigenvalue weighted by Crippen LogP contribution is 2.39. The minimum Gasteiger partial charge on any atom is -0.482 e. The summed E-state index contributed by atoms with van der Waals surface area (Å²) in [5.74, 6) is 0.356. The lowest BCUT2D eigenvalue weighted by molar-refractivity contribution is -0.143. The molecule has 0 aliphatic heterocycles. The van der Waals surface area contributed by atoms with E-state index in [1.165, 1.54) is 54.9 Å². The van der Waals surface area contributed by atoms with Gasteiger partial charge in [0.05, 0.1) is 18.2 Å². The summed E-state index contributed by atoms with van der Waals surface area (Å²) in [5.41, 5.74) is -0.0516. The summed E-state index contributed by atoms with van der Waals surface area (Å²) in [7, 11) is 1.26. The van der Waals surface area contributed by atoms with Crippen LogP contribution in [0.4, 0.5) is 26.3 Å². The molecular weight excluding hydrogens is 743 g/mol. The number of thioether (sulfide) groups is 2. The molecule has 53 heavy (non-hydrogen) atoms. The van der Waals surface area contributed by atoms with Crippen molar-refractivity contribution >= 4 is 35.5 Å². The number of hydrogen-bond acceptors (Lipinski definition) is 7. The number of halogens is 6. The Balaban J connectivity index is 1.39. The number of carboxylic acids is 1. The van der Waals surface area contributed by atoms with Crippen molar-refractivity contribution in [2.45, 2.75) is 61.7 Å². The van der Waals surface area contributed by atoms with Crippen molar-refractivity contribution in [3.05, 3.63) is 106 Å². The highest BCUT2D eigenvalue weighted by molar-refractivity contribution is 7.99. The average Bonchev–Trinajstić information content (AvgIpc) is 3.10. The van der Waals surface area contributed by atoms with E-state index in [9.17, 15) is 35.9 Å². The number of rotatable bonds is 17. The van der Waals surface area contributed by atoms with Gasteiger partial charge in [-0.25, -0.2) is 9.59 Å². The highest BCUT2D eigenvalue weighted by atomic mass is 32.2. The minimum absolute atomic E-state index is 0.0399. The maximum Gasteiger partial charge on any atom is 0.416 e. The monoisotopic (exact) mass is 780 g/mol. The Kier molecular flexibility index (Phi) is 14.6. The van der Waals surface area contributed by atoms with Crippen molar-refractivity contribution in [1.29, 1.82) is 0 Å². The van der Waals surface area contributed by atoms with Gasteiger partial charge in [-0.3, -0.25) is 0 Å². The van der Waals surface area contributed by atoms with Gasteiger partial charge < -0.3 is 19.3 Å². The summed E-state index contributed by atoms with van der Waals surface area (Å²) in [4.78, 5) is 23.8. The largest absolute Gasteiger partial charge is 0.482 e. The van der Waals surface area contributed by atoms with Gasteiger partial charge in [-0.2, -0.15) is 26.3 Å². The second kappa shape index (κ2) is 18.6.